The van der Waals surface area contributed by atoms with Crippen LogP contribution in [-0.4, -0.2) is 25.6 Å². The SMILES string of the molecule is C[C@@H]1CC[C@H](n2cc(C(N)=S)c3c(N)ncnc32)O1. The minimum atomic E-state index is -0.0464. The molecular weight excluding hydrogens is 262 g/mol. The maximum Gasteiger partial charge on any atom is 0.148 e. The Morgan fingerprint density at radius 3 is 2.89 bits per heavy atom. The van der Waals surface area contributed by atoms with Crippen molar-refractivity contribution in [1.82, 2.24) is 14.5 Å². The Balaban J connectivity index is 2.20. The van der Waals surface area contributed by atoms with E-state index in [-0.39, 0.29) is 17.3 Å². The van der Waals surface area contributed by atoms with Crippen LogP contribution in [0.5, 0.6) is 0 Å². The molecule has 1 saturated heterocycles. The number of hydrogen-bond acceptors (Lipinski definition) is 5. The van der Waals surface area contributed by atoms with E-state index in [4.69, 9.17) is 28.4 Å². The Labute approximate surface area is 115 Å². The Morgan fingerprint density at radius 1 is 1.47 bits per heavy atom. The smallest absolute Gasteiger partial charge is 0.148 e. The molecule has 4 N–H and O–H groups in total. The van der Waals surface area contributed by atoms with E-state index in [2.05, 4.69) is 16.9 Å². The van der Waals surface area contributed by atoms with E-state index < -0.39 is 0 Å². The van der Waals surface area contributed by atoms with Crippen molar-refractivity contribution in [2.45, 2.75) is 32.1 Å². The van der Waals surface area contributed by atoms with Gasteiger partial charge in [-0.2, -0.15) is 0 Å². The molecule has 1 aliphatic heterocycles. The van der Waals surface area contributed by atoms with E-state index in [1.165, 1.54) is 6.33 Å². The second kappa shape index (κ2) is 4.43. The first kappa shape index (κ1) is 12.3. The first-order valence-corrected chi connectivity index (χ1v) is 6.55. The highest BCUT2D eigenvalue weighted by atomic mass is 32.1. The fraction of sp³-hybridized carbons (Fsp3) is 0.417. The molecule has 2 aromatic rings. The summed E-state index contributed by atoms with van der Waals surface area (Å²) >= 11 is 5.07. The largest absolute Gasteiger partial charge is 0.389 e. The molecule has 0 radical (unpaired) electrons. The van der Waals surface area contributed by atoms with Crippen molar-refractivity contribution < 1.29 is 4.74 Å². The minimum absolute atomic E-state index is 0.0464. The average Bonchev–Trinajstić information content (AvgIpc) is 2.93. The Hall–Kier alpha value is -1.73. The molecule has 0 unspecified atom stereocenters. The molecule has 0 aromatic carbocycles. The van der Waals surface area contributed by atoms with Gasteiger partial charge in [-0.25, -0.2) is 9.97 Å². The monoisotopic (exact) mass is 277 g/mol. The van der Waals surface area contributed by atoms with Crippen molar-refractivity contribution >= 4 is 34.1 Å². The van der Waals surface area contributed by atoms with Gasteiger partial charge in [0.2, 0.25) is 0 Å². The number of aromatic nitrogens is 3. The number of ether oxygens (including phenoxy) is 1. The van der Waals surface area contributed by atoms with Crippen LogP contribution < -0.4 is 11.5 Å². The number of hydrogen-bond donors (Lipinski definition) is 2. The van der Waals surface area contributed by atoms with Crippen molar-refractivity contribution in [2.75, 3.05) is 5.73 Å². The minimum Gasteiger partial charge on any atom is -0.389 e. The predicted molar refractivity (Wildman–Crippen MR) is 76.6 cm³/mol. The van der Waals surface area contributed by atoms with Crippen LogP contribution >= 0.6 is 12.2 Å². The quantitative estimate of drug-likeness (QED) is 0.805. The van der Waals surface area contributed by atoms with E-state index in [1.807, 2.05) is 10.8 Å². The summed E-state index contributed by atoms with van der Waals surface area (Å²) in [5.74, 6) is 0.387. The third-order valence-electron chi connectivity index (χ3n) is 3.42. The van der Waals surface area contributed by atoms with Gasteiger partial charge in [-0.15, -0.1) is 0 Å². The molecule has 19 heavy (non-hydrogen) atoms. The van der Waals surface area contributed by atoms with Crippen molar-refractivity contribution in [2.24, 2.45) is 5.73 Å². The van der Waals surface area contributed by atoms with Gasteiger partial charge in [0.25, 0.3) is 0 Å². The zero-order valence-corrected chi connectivity index (χ0v) is 11.4. The summed E-state index contributed by atoms with van der Waals surface area (Å²) in [6.45, 7) is 2.06. The van der Waals surface area contributed by atoms with Gasteiger partial charge in [-0.3, -0.25) is 0 Å². The molecule has 7 heteroatoms. The first-order valence-electron chi connectivity index (χ1n) is 6.14. The molecule has 2 aromatic heterocycles. The molecule has 2 atom stereocenters. The molecule has 3 heterocycles. The highest BCUT2D eigenvalue weighted by molar-refractivity contribution is 7.80. The molecule has 0 spiro atoms. The zero-order valence-electron chi connectivity index (χ0n) is 10.5. The number of nitrogen functional groups attached to an aromatic ring is 1. The van der Waals surface area contributed by atoms with Gasteiger partial charge in [-0.05, 0) is 19.8 Å². The van der Waals surface area contributed by atoms with Crippen LogP contribution in [0.25, 0.3) is 11.0 Å². The van der Waals surface area contributed by atoms with Crippen molar-refractivity contribution in [3.05, 3.63) is 18.1 Å². The highest BCUT2D eigenvalue weighted by Crippen LogP contribution is 2.33. The fourth-order valence-electron chi connectivity index (χ4n) is 2.50. The number of anilines is 1. The maximum absolute atomic E-state index is 5.91. The summed E-state index contributed by atoms with van der Waals surface area (Å²) < 4.78 is 7.82. The maximum atomic E-state index is 5.91. The molecule has 0 bridgehead atoms. The third kappa shape index (κ3) is 1.95. The van der Waals surface area contributed by atoms with E-state index in [9.17, 15) is 0 Å². The van der Waals surface area contributed by atoms with Gasteiger partial charge in [0.15, 0.2) is 0 Å². The van der Waals surface area contributed by atoms with E-state index in [0.717, 1.165) is 18.5 Å². The van der Waals surface area contributed by atoms with Crippen LogP contribution in [0.4, 0.5) is 5.82 Å². The molecule has 0 aliphatic carbocycles. The van der Waals surface area contributed by atoms with Crippen molar-refractivity contribution in [3.8, 4) is 0 Å². The van der Waals surface area contributed by atoms with Gasteiger partial charge in [0, 0.05) is 11.8 Å². The summed E-state index contributed by atoms with van der Waals surface area (Å²) in [5, 5.41) is 0.707. The van der Waals surface area contributed by atoms with Crippen molar-refractivity contribution in [1.29, 1.82) is 0 Å². The highest BCUT2D eigenvalue weighted by Gasteiger charge is 2.26. The Morgan fingerprint density at radius 2 is 2.26 bits per heavy atom. The molecule has 0 amide bonds. The van der Waals surface area contributed by atoms with Crippen LogP contribution in [0, 0.1) is 0 Å². The molecule has 0 saturated carbocycles. The Bertz CT molecular complexity index is 653. The summed E-state index contributed by atoms with van der Waals surface area (Å²) in [6, 6.07) is 0. The van der Waals surface area contributed by atoms with Crippen LogP contribution in [-0.2, 0) is 4.74 Å². The number of thiocarbonyl (C=S) groups is 1. The molecule has 1 aliphatic rings. The second-order valence-corrected chi connectivity index (χ2v) is 5.19. The van der Waals surface area contributed by atoms with Gasteiger partial charge in [0.05, 0.1) is 11.5 Å². The Kier molecular flexibility index (Phi) is 2.87. The lowest BCUT2D eigenvalue weighted by atomic mass is 10.2. The molecular formula is C12H15N5OS. The van der Waals surface area contributed by atoms with Gasteiger partial charge in [0.1, 0.15) is 29.0 Å². The summed E-state index contributed by atoms with van der Waals surface area (Å²) in [7, 11) is 0. The standard InChI is InChI=1S/C12H15N5OS/c1-6-2-3-8(18-6)17-4-7(11(14)19)9-10(13)15-5-16-12(9)17/h4-6,8H,2-3H2,1H3,(H2,14,19)(H2,13,15,16)/t6-,8-/m1/s1. The van der Waals surface area contributed by atoms with E-state index in [0.29, 0.717) is 16.8 Å². The lowest BCUT2D eigenvalue weighted by Gasteiger charge is -2.13. The summed E-state index contributed by atoms with van der Waals surface area (Å²) in [5.41, 5.74) is 13.1. The zero-order chi connectivity index (χ0) is 13.6. The van der Waals surface area contributed by atoms with Gasteiger partial charge >= 0.3 is 0 Å². The molecule has 3 rings (SSSR count). The topological polar surface area (TPSA) is 92.0 Å². The van der Waals surface area contributed by atoms with E-state index >= 15 is 0 Å². The lowest BCUT2D eigenvalue weighted by molar-refractivity contribution is 0.0135. The predicted octanol–water partition coefficient (Wildman–Crippen LogP) is 1.35. The van der Waals surface area contributed by atoms with Crippen LogP contribution in [0.2, 0.25) is 0 Å². The third-order valence-corrected chi connectivity index (χ3v) is 3.64. The number of nitrogens with two attached hydrogens (primary N) is 2. The van der Waals surface area contributed by atoms with Crippen LogP contribution in [0.1, 0.15) is 31.6 Å². The van der Waals surface area contributed by atoms with Gasteiger partial charge < -0.3 is 20.8 Å². The number of fused-ring (bicyclic) bond motifs is 1. The van der Waals surface area contributed by atoms with Crippen LogP contribution in [0.15, 0.2) is 12.5 Å². The normalized spacial score (nSPS) is 23.0. The first-order chi connectivity index (χ1) is 9.08. The summed E-state index contributed by atoms with van der Waals surface area (Å²) in [4.78, 5) is 8.58. The number of rotatable bonds is 2. The van der Waals surface area contributed by atoms with Crippen molar-refractivity contribution in [3.63, 3.8) is 0 Å². The second-order valence-electron chi connectivity index (χ2n) is 4.75. The average molecular weight is 277 g/mol. The molecule has 100 valence electrons. The number of nitrogens with zero attached hydrogens (tertiary/aromatic N) is 3. The molecule has 1 fully saturated rings. The van der Waals surface area contributed by atoms with Crippen LogP contribution in [0.3, 0.4) is 0 Å². The lowest BCUT2D eigenvalue weighted by Crippen LogP contribution is -2.10. The van der Waals surface area contributed by atoms with Gasteiger partial charge in [-0.1, -0.05) is 12.2 Å². The summed E-state index contributed by atoms with van der Waals surface area (Å²) in [6.07, 6.45) is 5.46. The fourth-order valence-corrected chi connectivity index (χ4v) is 2.66. The molecule has 6 nitrogen and oxygen atoms in total. The van der Waals surface area contributed by atoms with E-state index in [1.54, 1.807) is 0 Å².